The van der Waals surface area contributed by atoms with Gasteiger partial charge in [0, 0.05) is 42.3 Å². The van der Waals surface area contributed by atoms with E-state index in [1.165, 1.54) is 17.3 Å². The van der Waals surface area contributed by atoms with E-state index in [4.69, 9.17) is 32.7 Å². The van der Waals surface area contributed by atoms with Gasteiger partial charge in [-0.2, -0.15) is 0 Å². The number of carbonyl (C=O) groups is 3. The Morgan fingerprint density at radius 2 is 0.983 bits per heavy atom. The van der Waals surface area contributed by atoms with Gasteiger partial charge in [0.15, 0.2) is 0 Å². The summed E-state index contributed by atoms with van der Waals surface area (Å²) < 4.78 is 7.31. The van der Waals surface area contributed by atoms with Crippen LogP contribution in [0.3, 0.4) is 0 Å². The predicted molar refractivity (Wildman–Crippen MR) is 240 cm³/mol. The second kappa shape index (κ2) is 20.8. The Morgan fingerprint density at radius 1 is 0.644 bits per heavy atom. The van der Waals surface area contributed by atoms with Crippen LogP contribution in [0.4, 0.5) is 0 Å². The van der Waals surface area contributed by atoms with Crippen LogP contribution in [0.5, 0.6) is 0 Å². The van der Waals surface area contributed by atoms with Crippen molar-refractivity contribution in [2.24, 2.45) is 23.7 Å². The predicted octanol–water partition coefficient (Wildman–Crippen LogP) is 7.50. The van der Waals surface area contributed by atoms with Crippen LogP contribution in [-0.4, -0.2) is 67.0 Å². The molecule has 59 heavy (non-hydrogen) atoms. The van der Waals surface area contributed by atoms with Crippen LogP contribution in [-0.2, 0) is 31.7 Å². The van der Waals surface area contributed by atoms with Crippen molar-refractivity contribution in [3.8, 4) is 0 Å². The number of amides is 2. The maximum Gasteiger partial charge on any atom is 0.261 e. The molecule has 0 aliphatic heterocycles. The second-order valence-electron chi connectivity index (χ2n) is 16.9. The van der Waals surface area contributed by atoms with Gasteiger partial charge in [-0.1, -0.05) is 129 Å². The van der Waals surface area contributed by atoms with E-state index in [9.17, 15) is 19.5 Å². The highest BCUT2D eigenvalue weighted by molar-refractivity contribution is 6.99. The van der Waals surface area contributed by atoms with Crippen LogP contribution < -0.4 is 21.0 Å². The summed E-state index contributed by atoms with van der Waals surface area (Å²) in [5.74, 6) is 2.21. The molecule has 0 bridgehead atoms. The van der Waals surface area contributed by atoms with Gasteiger partial charge in [-0.25, -0.2) is 0 Å². The van der Waals surface area contributed by atoms with Crippen LogP contribution in [0.15, 0.2) is 109 Å². The monoisotopic (exact) mass is 878 g/mol. The number of nitrogens with one attached hydrogen (secondary N) is 2. The van der Waals surface area contributed by atoms with Gasteiger partial charge in [0.25, 0.3) is 8.32 Å². The van der Waals surface area contributed by atoms with Crippen molar-refractivity contribution in [3.05, 3.63) is 130 Å². The fraction of sp³-hybridized carbons (Fsp3) is 0.426. The largest absolute Gasteiger partial charge is 0.404 e. The molecule has 8 nitrogen and oxygen atoms in total. The summed E-state index contributed by atoms with van der Waals surface area (Å²) in [6, 6.07) is 37.1. The zero-order valence-corrected chi connectivity index (χ0v) is 37.7. The Balaban J connectivity index is 0.000000229. The summed E-state index contributed by atoms with van der Waals surface area (Å²) in [5.41, 5.74) is 1.97. The summed E-state index contributed by atoms with van der Waals surface area (Å²) in [6.45, 7) is 8.28. The molecule has 0 spiro atoms. The highest BCUT2D eigenvalue weighted by Gasteiger charge is 2.60. The standard InChI is InChI=1S/C30H34ClNO2Si.C14H16ClNO2.C2H3ClO.CH4O/c1-30(2,3)35(24-10-6-4-7-11-24,25-12-8-5-9-13-25)34-23-19-26-27(20-23)29(26)32-28(33)18-21-14-16-22(31)17-15-21;15-9-3-1-8(2-4-9)5-13(18)16-14-11-6-10(17)7-12(11)14;1-2(3)4;1-2/h4-17,23,26-27,29H,18-20H2,1-3H3,(H,32,33);1-4,10-12,14,17H,5-7H2,(H,16,18);1H3;2H,1H3/t23?,26-,27+,29?;10?,11-,12+,14?;;. The van der Waals surface area contributed by atoms with Gasteiger partial charge < -0.3 is 25.3 Å². The summed E-state index contributed by atoms with van der Waals surface area (Å²) in [6.07, 6.45) is 4.59. The number of rotatable bonds is 10. The quantitative estimate of drug-likeness (QED) is 0.0967. The Hall–Kier alpha value is -3.54. The van der Waals surface area contributed by atoms with Gasteiger partial charge in [-0.3, -0.25) is 14.4 Å². The smallest absolute Gasteiger partial charge is 0.261 e. The number of carbonyl (C=O) groups excluding carboxylic acids is 3. The molecule has 4 aromatic carbocycles. The molecule has 0 saturated heterocycles. The van der Waals surface area contributed by atoms with Gasteiger partial charge in [0.1, 0.15) is 0 Å². The molecule has 316 valence electrons. The van der Waals surface area contributed by atoms with E-state index >= 15 is 0 Å². The third-order valence-corrected chi connectivity index (χ3v) is 17.4. The van der Waals surface area contributed by atoms with Crippen molar-refractivity contribution in [1.29, 1.82) is 0 Å². The number of aliphatic hydroxyl groups excluding tert-OH is 2. The van der Waals surface area contributed by atoms with Crippen LogP contribution in [0, 0.1) is 23.7 Å². The summed E-state index contributed by atoms with van der Waals surface area (Å²) >= 11 is 16.4. The average molecular weight is 880 g/mol. The van der Waals surface area contributed by atoms with Gasteiger partial charge in [-0.15, -0.1) is 0 Å². The summed E-state index contributed by atoms with van der Waals surface area (Å²) in [7, 11) is -1.53. The minimum Gasteiger partial charge on any atom is -0.404 e. The first kappa shape index (κ1) is 46.5. The van der Waals surface area contributed by atoms with E-state index in [0.29, 0.717) is 52.6 Å². The van der Waals surface area contributed by atoms with E-state index in [1.807, 2.05) is 36.4 Å². The molecular weight excluding hydrogens is 823 g/mol. The van der Waals surface area contributed by atoms with Crippen LogP contribution in [0.1, 0.15) is 64.5 Å². The molecule has 4 aromatic rings. The summed E-state index contributed by atoms with van der Waals surface area (Å²) in [5, 5.41) is 26.4. The highest BCUT2D eigenvalue weighted by Crippen LogP contribution is 2.54. The van der Waals surface area contributed by atoms with Crippen molar-refractivity contribution in [1.82, 2.24) is 10.6 Å². The molecule has 0 radical (unpaired) electrons. The lowest BCUT2D eigenvalue weighted by atomic mass is 10.1. The number of hydrogen-bond acceptors (Lipinski definition) is 6. The van der Waals surface area contributed by atoms with E-state index in [1.54, 1.807) is 12.1 Å². The molecular formula is C47H57Cl3N2O6Si. The van der Waals surface area contributed by atoms with Gasteiger partial charge in [0.05, 0.1) is 18.9 Å². The SMILES string of the molecule is CC(=O)Cl.CC(C)(C)[Si](OC1C[C@@H]2C(NC(=O)Cc3ccc(Cl)cc3)[C@@H]2C1)(c1ccccc1)c1ccccc1.CO.O=C(Cc1ccc(Cl)cc1)NC1[C@H]2CC(O)C[C@@H]12. The molecule has 2 amide bonds. The van der Waals surface area contributed by atoms with Crippen LogP contribution in [0.2, 0.25) is 15.1 Å². The number of hydrogen-bond donors (Lipinski definition) is 4. The first-order chi connectivity index (χ1) is 28.1. The van der Waals surface area contributed by atoms with E-state index in [2.05, 4.69) is 104 Å². The van der Waals surface area contributed by atoms with Crippen LogP contribution in [0.25, 0.3) is 0 Å². The lowest BCUT2D eigenvalue weighted by Crippen LogP contribution is -2.67. The van der Waals surface area contributed by atoms with Crippen molar-refractivity contribution in [2.45, 2.75) is 95.5 Å². The number of halogens is 3. The van der Waals surface area contributed by atoms with E-state index < -0.39 is 8.32 Å². The molecule has 4 N–H and O–H groups in total. The first-order valence-electron chi connectivity index (χ1n) is 20.3. The third kappa shape index (κ3) is 12.3. The van der Waals surface area contributed by atoms with E-state index in [0.717, 1.165) is 43.9 Å². The lowest BCUT2D eigenvalue weighted by molar-refractivity contribution is -0.121. The van der Waals surface area contributed by atoms with Gasteiger partial charge in [-0.05, 0) is 112 Å². The maximum atomic E-state index is 12.6. The molecule has 0 aromatic heterocycles. The zero-order chi connectivity index (χ0) is 42.9. The van der Waals surface area contributed by atoms with Gasteiger partial charge in [0.2, 0.25) is 17.1 Å². The molecule has 8 rings (SSSR count). The van der Waals surface area contributed by atoms with Crippen molar-refractivity contribution in [3.63, 3.8) is 0 Å². The van der Waals surface area contributed by atoms with Crippen molar-refractivity contribution in [2.75, 3.05) is 7.11 Å². The van der Waals surface area contributed by atoms with Crippen molar-refractivity contribution < 1.29 is 29.0 Å². The molecule has 8 atom stereocenters. The Labute approximate surface area is 365 Å². The molecule has 4 unspecified atom stereocenters. The minimum absolute atomic E-state index is 0.0192. The number of benzene rings is 4. The second-order valence-corrected chi connectivity index (χ2v) is 22.6. The topological polar surface area (TPSA) is 125 Å². The fourth-order valence-electron chi connectivity index (χ4n) is 9.12. The first-order valence-corrected chi connectivity index (χ1v) is 23.3. The maximum absolute atomic E-state index is 12.6. The Kier molecular flexibility index (Phi) is 16.4. The summed E-state index contributed by atoms with van der Waals surface area (Å²) in [4.78, 5) is 33.7. The average Bonchev–Trinajstić information content (AvgIpc) is 3.83. The molecule has 0 heterocycles. The molecule has 4 saturated carbocycles. The Morgan fingerprint density at radius 3 is 1.32 bits per heavy atom. The van der Waals surface area contributed by atoms with Crippen LogP contribution >= 0.6 is 34.8 Å². The third-order valence-electron chi connectivity index (χ3n) is 11.8. The number of aliphatic hydroxyl groups is 2. The molecule has 12 heteroatoms. The Bertz CT molecular complexity index is 1910. The van der Waals surface area contributed by atoms with E-state index in [-0.39, 0.29) is 40.3 Å². The lowest BCUT2D eigenvalue weighted by Gasteiger charge is -2.45. The highest BCUT2D eigenvalue weighted by atomic mass is 35.5. The molecule has 4 aliphatic carbocycles. The molecule has 4 aliphatic rings. The molecule has 4 fully saturated rings. The fourth-order valence-corrected chi connectivity index (χ4v) is 14.1. The van der Waals surface area contributed by atoms with Gasteiger partial charge >= 0.3 is 0 Å². The van der Waals surface area contributed by atoms with Crippen molar-refractivity contribution >= 4 is 70.6 Å². The normalized spacial score (nSPS) is 24.6. The minimum atomic E-state index is -2.53. The number of fused-ring (bicyclic) bond motifs is 2. The zero-order valence-electron chi connectivity index (χ0n) is 34.4.